The van der Waals surface area contributed by atoms with Gasteiger partial charge in [-0.2, -0.15) is 5.10 Å². The summed E-state index contributed by atoms with van der Waals surface area (Å²) in [5.74, 6) is 0.764. The van der Waals surface area contributed by atoms with Crippen LogP contribution < -0.4 is 10.9 Å². The number of hydrogen-bond acceptors (Lipinski definition) is 4. The van der Waals surface area contributed by atoms with E-state index in [9.17, 15) is 4.79 Å². The first-order valence-corrected chi connectivity index (χ1v) is 4.96. The number of aromatic nitrogens is 2. The fourth-order valence-electron chi connectivity index (χ4n) is 0.894. The molecule has 0 bridgehead atoms. The second-order valence-electron chi connectivity index (χ2n) is 2.54. The number of amides is 1. The van der Waals surface area contributed by atoms with Crippen LogP contribution in [0.4, 0.5) is 10.6 Å². The van der Waals surface area contributed by atoms with Crippen molar-refractivity contribution in [2.75, 3.05) is 11.7 Å². The molecule has 2 N–H and O–H groups in total. The van der Waals surface area contributed by atoms with Gasteiger partial charge in [0.25, 0.3) is 5.24 Å². The predicted octanol–water partition coefficient (Wildman–Crippen LogP) is 1.13. The van der Waals surface area contributed by atoms with Gasteiger partial charge in [0.2, 0.25) is 0 Å². The van der Waals surface area contributed by atoms with Crippen molar-refractivity contribution in [2.24, 2.45) is 7.05 Å². The third-order valence-corrected chi connectivity index (χ3v) is 1.95. The number of nitrogens with zero attached hydrogens (tertiary/aromatic N) is 2. The molecule has 0 atom stereocenters. The lowest BCUT2D eigenvalue weighted by atomic mass is 10.5. The van der Waals surface area contributed by atoms with Crippen LogP contribution in [0.1, 0.15) is 5.69 Å². The van der Waals surface area contributed by atoms with E-state index in [1.54, 1.807) is 18.0 Å². The first-order valence-electron chi connectivity index (χ1n) is 3.74. The van der Waals surface area contributed by atoms with Crippen molar-refractivity contribution in [3.05, 3.63) is 11.8 Å². The standard InChI is InChI=1S/C7H12N4OS/c1-5-4-6(11(2)10-5)8-9-7(12)13-3/h4,8H,1-3H3,(H,9,12). The third-order valence-electron chi connectivity index (χ3n) is 1.48. The van der Waals surface area contributed by atoms with Crippen LogP contribution in [0.2, 0.25) is 0 Å². The Kier molecular flexibility index (Phi) is 3.18. The van der Waals surface area contributed by atoms with Gasteiger partial charge in [-0.25, -0.2) is 0 Å². The summed E-state index contributed by atoms with van der Waals surface area (Å²) in [7, 11) is 1.81. The van der Waals surface area contributed by atoms with Gasteiger partial charge < -0.3 is 0 Å². The molecule has 0 radical (unpaired) electrons. The summed E-state index contributed by atoms with van der Waals surface area (Å²) in [6, 6.07) is 1.85. The molecule has 0 aliphatic heterocycles. The number of rotatable bonds is 2. The van der Waals surface area contributed by atoms with E-state index in [4.69, 9.17) is 0 Å². The summed E-state index contributed by atoms with van der Waals surface area (Å²) in [4.78, 5) is 10.9. The van der Waals surface area contributed by atoms with Crippen LogP contribution in [0.5, 0.6) is 0 Å². The van der Waals surface area contributed by atoms with Crippen LogP contribution in [0.25, 0.3) is 0 Å². The fourth-order valence-corrected chi connectivity index (χ4v) is 1.05. The minimum atomic E-state index is -0.126. The van der Waals surface area contributed by atoms with Crippen LogP contribution >= 0.6 is 11.8 Å². The minimum absolute atomic E-state index is 0.126. The zero-order valence-corrected chi connectivity index (χ0v) is 8.60. The molecule has 6 heteroatoms. The monoisotopic (exact) mass is 200 g/mol. The molecule has 1 aromatic rings. The van der Waals surface area contributed by atoms with Crippen LogP contribution in [-0.2, 0) is 7.05 Å². The van der Waals surface area contributed by atoms with Gasteiger partial charge in [-0.15, -0.1) is 0 Å². The van der Waals surface area contributed by atoms with Crippen molar-refractivity contribution in [3.8, 4) is 0 Å². The van der Waals surface area contributed by atoms with Crippen LogP contribution in [0, 0.1) is 6.92 Å². The average molecular weight is 200 g/mol. The zero-order chi connectivity index (χ0) is 9.84. The molecular formula is C7H12N4OS. The molecule has 0 aliphatic rings. The van der Waals surface area contributed by atoms with Crippen LogP contribution in [0.3, 0.4) is 0 Å². The van der Waals surface area contributed by atoms with Gasteiger partial charge in [-0.1, -0.05) is 11.8 Å². The van der Waals surface area contributed by atoms with Crippen molar-refractivity contribution in [1.29, 1.82) is 0 Å². The van der Waals surface area contributed by atoms with E-state index in [1.165, 1.54) is 0 Å². The van der Waals surface area contributed by atoms with Crippen molar-refractivity contribution < 1.29 is 4.79 Å². The fraction of sp³-hybridized carbons (Fsp3) is 0.429. The molecule has 72 valence electrons. The summed E-state index contributed by atoms with van der Waals surface area (Å²) in [5, 5.41) is 3.98. The number of nitrogens with one attached hydrogen (secondary N) is 2. The topological polar surface area (TPSA) is 59.0 Å². The first-order chi connectivity index (χ1) is 6.13. The molecule has 0 spiro atoms. The summed E-state index contributed by atoms with van der Waals surface area (Å²) < 4.78 is 1.66. The van der Waals surface area contributed by atoms with Gasteiger partial charge in [-0.3, -0.25) is 20.3 Å². The highest BCUT2D eigenvalue weighted by Gasteiger charge is 2.01. The molecule has 1 amide bonds. The number of hydrazine groups is 1. The lowest BCUT2D eigenvalue weighted by Crippen LogP contribution is -2.26. The highest BCUT2D eigenvalue weighted by atomic mass is 32.2. The number of hydrogen-bond donors (Lipinski definition) is 2. The first kappa shape index (κ1) is 9.91. The van der Waals surface area contributed by atoms with Crippen LogP contribution in [0.15, 0.2) is 6.07 Å². The normalized spacial score (nSPS) is 9.77. The van der Waals surface area contributed by atoms with E-state index in [0.29, 0.717) is 0 Å². The van der Waals surface area contributed by atoms with E-state index in [2.05, 4.69) is 16.0 Å². The van der Waals surface area contributed by atoms with E-state index in [-0.39, 0.29) is 5.24 Å². The summed E-state index contributed by atoms with van der Waals surface area (Å²) in [5.41, 5.74) is 6.19. The molecule has 0 fully saturated rings. The maximum Gasteiger partial charge on any atom is 0.297 e. The van der Waals surface area contributed by atoms with Crippen molar-refractivity contribution in [3.63, 3.8) is 0 Å². The highest BCUT2D eigenvalue weighted by molar-refractivity contribution is 8.12. The van der Waals surface area contributed by atoms with Gasteiger partial charge >= 0.3 is 0 Å². The number of anilines is 1. The second-order valence-corrected chi connectivity index (χ2v) is 3.32. The number of carbonyl (C=O) groups is 1. The van der Waals surface area contributed by atoms with Gasteiger partial charge in [0.05, 0.1) is 5.69 Å². The Morgan fingerprint density at radius 3 is 2.85 bits per heavy atom. The van der Waals surface area contributed by atoms with Crippen molar-refractivity contribution in [1.82, 2.24) is 15.2 Å². The number of aryl methyl sites for hydroxylation is 2. The summed E-state index contributed by atoms with van der Waals surface area (Å²) in [6.45, 7) is 1.89. The highest BCUT2D eigenvalue weighted by Crippen LogP contribution is 2.06. The molecular weight excluding hydrogens is 188 g/mol. The SMILES string of the molecule is CSC(=O)NNc1cc(C)nn1C. The molecule has 0 saturated carbocycles. The molecule has 0 unspecified atom stereocenters. The Bertz CT molecular complexity index is 309. The lowest BCUT2D eigenvalue weighted by molar-refractivity contribution is 0.262. The quantitative estimate of drug-likeness (QED) is 0.702. The summed E-state index contributed by atoms with van der Waals surface area (Å²) >= 11 is 1.11. The van der Waals surface area contributed by atoms with Gasteiger partial charge in [0.1, 0.15) is 5.82 Å². The largest absolute Gasteiger partial charge is 0.297 e. The van der Waals surface area contributed by atoms with Gasteiger partial charge in [0.15, 0.2) is 0 Å². The Hall–Kier alpha value is -1.17. The molecule has 5 nitrogen and oxygen atoms in total. The van der Waals surface area contributed by atoms with E-state index in [1.807, 2.05) is 13.0 Å². The maximum absolute atomic E-state index is 10.9. The Labute approximate surface area is 80.9 Å². The Balaban J connectivity index is 2.54. The van der Waals surface area contributed by atoms with Gasteiger partial charge in [0, 0.05) is 13.1 Å². The lowest BCUT2D eigenvalue weighted by Gasteiger charge is -2.05. The molecule has 0 aromatic carbocycles. The molecule has 13 heavy (non-hydrogen) atoms. The van der Waals surface area contributed by atoms with Gasteiger partial charge in [-0.05, 0) is 13.2 Å². The molecule has 1 rings (SSSR count). The number of carbonyl (C=O) groups excluding carboxylic acids is 1. The number of thioether (sulfide) groups is 1. The molecule has 1 aromatic heterocycles. The second kappa shape index (κ2) is 4.18. The Morgan fingerprint density at radius 1 is 1.69 bits per heavy atom. The van der Waals surface area contributed by atoms with Crippen molar-refractivity contribution >= 4 is 22.8 Å². The molecule has 1 heterocycles. The maximum atomic E-state index is 10.9. The average Bonchev–Trinajstić information content (AvgIpc) is 2.41. The minimum Gasteiger partial charge on any atom is -0.281 e. The smallest absolute Gasteiger partial charge is 0.281 e. The molecule has 0 aliphatic carbocycles. The predicted molar refractivity (Wildman–Crippen MR) is 53.6 cm³/mol. The zero-order valence-electron chi connectivity index (χ0n) is 7.79. The summed E-state index contributed by atoms with van der Waals surface area (Å²) in [6.07, 6.45) is 1.71. The van der Waals surface area contributed by atoms with Crippen LogP contribution in [-0.4, -0.2) is 21.3 Å². The van der Waals surface area contributed by atoms with E-state index >= 15 is 0 Å². The Morgan fingerprint density at radius 2 is 2.38 bits per heavy atom. The van der Waals surface area contributed by atoms with Crippen molar-refractivity contribution in [2.45, 2.75) is 6.92 Å². The molecule has 0 saturated heterocycles. The third kappa shape index (κ3) is 2.66. The van der Waals surface area contributed by atoms with E-state index < -0.39 is 0 Å². The van der Waals surface area contributed by atoms with E-state index in [0.717, 1.165) is 23.3 Å².